The maximum atomic E-state index is 12.3. The van der Waals surface area contributed by atoms with Gasteiger partial charge in [-0.05, 0) is 61.5 Å². The number of amides is 1. The summed E-state index contributed by atoms with van der Waals surface area (Å²) in [5, 5.41) is 4.13. The number of rotatable bonds is 6. The molecule has 0 unspecified atom stereocenters. The SMILES string of the molecule is O=C1NN=C(c2cnccn2)C1=Cc1cc(CN2CCC(Cc3ccccc3)CC2)c[nH]1. The van der Waals surface area contributed by atoms with E-state index in [2.05, 4.69) is 66.8 Å². The summed E-state index contributed by atoms with van der Waals surface area (Å²) in [6.45, 7) is 3.14. The molecule has 0 aliphatic carbocycles. The second-order valence-electron chi connectivity index (χ2n) is 8.42. The summed E-state index contributed by atoms with van der Waals surface area (Å²) in [5.41, 5.74) is 7.63. The number of aromatic nitrogens is 3. The van der Waals surface area contributed by atoms with Gasteiger partial charge in [0.15, 0.2) is 0 Å². The topological polar surface area (TPSA) is 86.3 Å². The van der Waals surface area contributed by atoms with Crippen LogP contribution < -0.4 is 5.43 Å². The molecule has 32 heavy (non-hydrogen) atoms. The maximum absolute atomic E-state index is 12.3. The Bertz CT molecular complexity index is 1130. The highest BCUT2D eigenvalue weighted by Crippen LogP contribution is 2.23. The van der Waals surface area contributed by atoms with Gasteiger partial charge in [0, 0.05) is 30.8 Å². The van der Waals surface area contributed by atoms with E-state index in [1.807, 2.05) is 12.3 Å². The minimum absolute atomic E-state index is 0.234. The van der Waals surface area contributed by atoms with E-state index in [1.165, 1.54) is 30.4 Å². The summed E-state index contributed by atoms with van der Waals surface area (Å²) in [6, 6.07) is 12.9. The predicted octanol–water partition coefficient (Wildman–Crippen LogP) is 3.18. The van der Waals surface area contributed by atoms with Gasteiger partial charge in [0.2, 0.25) is 0 Å². The Morgan fingerprint density at radius 2 is 1.94 bits per heavy atom. The average Bonchev–Trinajstić information content (AvgIpc) is 3.43. The molecule has 0 atom stereocenters. The molecule has 0 bridgehead atoms. The number of H-pyrrole nitrogens is 1. The number of hydrazone groups is 1. The second kappa shape index (κ2) is 9.28. The molecule has 1 aromatic carbocycles. The summed E-state index contributed by atoms with van der Waals surface area (Å²) in [5.74, 6) is 0.530. The van der Waals surface area contributed by atoms with Crippen molar-refractivity contribution in [2.75, 3.05) is 13.1 Å². The number of hydrogen-bond donors (Lipinski definition) is 2. The molecule has 2 aliphatic rings. The quantitative estimate of drug-likeness (QED) is 0.593. The summed E-state index contributed by atoms with van der Waals surface area (Å²) in [7, 11) is 0. The number of likely N-dealkylation sites (tertiary alicyclic amines) is 1. The van der Waals surface area contributed by atoms with Gasteiger partial charge in [0.05, 0.1) is 11.8 Å². The smallest absolute Gasteiger partial charge is 0.273 e. The Kier molecular flexibility index (Phi) is 5.89. The highest BCUT2D eigenvalue weighted by atomic mass is 16.2. The van der Waals surface area contributed by atoms with E-state index < -0.39 is 0 Å². The van der Waals surface area contributed by atoms with Crippen molar-refractivity contribution in [3.63, 3.8) is 0 Å². The molecule has 7 nitrogen and oxygen atoms in total. The van der Waals surface area contributed by atoms with E-state index in [0.717, 1.165) is 31.2 Å². The van der Waals surface area contributed by atoms with Crippen molar-refractivity contribution in [2.45, 2.75) is 25.8 Å². The van der Waals surface area contributed by atoms with E-state index in [0.29, 0.717) is 17.0 Å². The third-order valence-electron chi connectivity index (χ3n) is 6.12. The fourth-order valence-corrected chi connectivity index (χ4v) is 4.43. The van der Waals surface area contributed by atoms with Crippen LogP contribution in [-0.4, -0.2) is 44.6 Å². The first-order valence-corrected chi connectivity index (χ1v) is 11.0. The number of carbonyl (C=O) groups excluding carboxylic acids is 1. The first kappa shape index (κ1) is 20.3. The van der Waals surface area contributed by atoms with Gasteiger partial charge in [0.25, 0.3) is 5.91 Å². The number of piperidine rings is 1. The molecule has 1 fully saturated rings. The Labute approximate surface area is 187 Å². The van der Waals surface area contributed by atoms with Crippen LogP contribution >= 0.6 is 0 Å². The van der Waals surface area contributed by atoms with Gasteiger partial charge >= 0.3 is 0 Å². The molecule has 3 aromatic rings. The molecule has 2 aromatic heterocycles. The number of nitrogens with zero attached hydrogens (tertiary/aromatic N) is 4. The summed E-state index contributed by atoms with van der Waals surface area (Å²) >= 11 is 0. The van der Waals surface area contributed by atoms with Gasteiger partial charge in [-0.2, -0.15) is 5.10 Å². The van der Waals surface area contributed by atoms with Crippen LogP contribution in [-0.2, 0) is 17.8 Å². The van der Waals surface area contributed by atoms with Crippen LogP contribution in [0.25, 0.3) is 6.08 Å². The monoisotopic (exact) mass is 426 g/mol. The van der Waals surface area contributed by atoms with Gasteiger partial charge < -0.3 is 4.98 Å². The Hall–Kier alpha value is -3.58. The normalized spacial score (nSPS) is 18.7. The van der Waals surface area contributed by atoms with Crippen LogP contribution in [0.1, 0.15) is 35.4 Å². The van der Waals surface area contributed by atoms with Gasteiger partial charge in [-0.15, -0.1) is 0 Å². The van der Waals surface area contributed by atoms with Gasteiger partial charge in [-0.3, -0.25) is 19.7 Å². The van der Waals surface area contributed by atoms with Crippen LogP contribution in [0.15, 0.2) is 71.9 Å². The zero-order valence-electron chi connectivity index (χ0n) is 17.9. The molecule has 4 heterocycles. The lowest BCUT2D eigenvalue weighted by molar-refractivity contribution is -0.116. The van der Waals surface area contributed by atoms with Crippen molar-refractivity contribution >= 4 is 17.7 Å². The molecule has 2 N–H and O–H groups in total. The van der Waals surface area contributed by atoms with Crippen molar-refractivity contribution in [3.8, 4) is 0 Å². The molecule has 7 heteroatoms. The second-order valence-corrected chi connectivity index (χ2v) is 8.42. The lowest BCUT2D eigenvalue weighted by Gasteiger charge is -2.31. The third-order valence-corrected chi connectivity index (χ3v) is 6.12. The molecule has 1 amide bonds. The van der Waals surface area contributed by atoms with Crippen LogP contribution in [0.5, 0.6) is 0 Å². The number of hydrogen-bond acceptors (Lipinski definition) is 5. The summed E-state index contributed by atoms with van der Waals surface area (Å²) < 4.78 is 0. The lowest BCUT2D eigenvalue weighted by atomic mass is 9.90. The molecule has 0 radical (unpaired) electrons. The standard InChI is InChI=1S/C25H26N6O/c32-25-22(24(29-30-25)23-16-26-8-9-27-23)14-21-13-20(15-28-21)17-31-10-6-19(7-11-31)12-18-4-2-1-3-5-18/h1-5,8-9,13-16,19,28H,6-7,10-12,17H2,(H,30,32). The van der Waals surface area contributed by atoms with Crippen molar-refractivity contribution < 1.29 is 4.79 Å². The molecular weight excluding hydrogens is 400 g/mol. The lowest BCUT2D eigenvalue weighted by Crippen LogP contribution is -2.33. The van der Waals surface area contributed by atoms with Crippen LogP contribution in [0.2, 0.25) is 0 Å². The first-order chi connectivity index (χ1) is 15.7. The molecular formula is C25H26N6O. The van der Waals surface area contributed by atoms with E-state index in [4.69, 9.17) is 0 Å². The average molecular weight is 427 g/mol. The van der Waals surface area contributed by atoms with Gasteiger partial charge in [-0.25, -0.2) is 5.43 Å². The highest BCUT2D eigenvalue weighted by Gasteiger charge is 2.25. The summed E-state index contributed by atoms with van der Waals surface area (Å²) in [6.07, 6.45) is 12.3. The van der Waals surface area contributed by atoms with E-state index >= 15 is 0 Å². The van der Waals surface area contributed by atoms with Crippen molar-refractivity contribution in [1.29, 1.82) is 0 Å². The van der Waals surface area contributed by atoms with Crippen molar-refractivity contribution in [1.82, 2.24) is 25.3 Å². The van der Waals surface area contributed by atoms with E-state index in [1.54, 1.807) is 18.6 Å². The predicted molar refractivity (Wildman–Crippen MR) is 124 cm³/mol. The minimum Gasteiger partial charge on any atom is -0.361 e. The van der Waals surface area contributed by atoms with Crippen LogP contribution in [0, 0.1) is 5.92 Å². The fourth-order valence-electron chi connectivity index (χ4n) is 4.43. The third kappa shape index (κ3) is 4.68. The Morgan fingerprint density at radius 3 is 2.72 bits per heavy atom. The summed E-state index contributed by atoms with van der Waals surface area (Å²) in [4.78, 5) is 26.4. The molecule has 5 rings (SSSR count). The number of benzene rings is 1. The first-order valence-electron chi connectivity index (χ1n) is 11.0. The van der Waals surface area contributed by atoms with Crippen LogP contribution in [0.4, 0.5) is 0 Å². The van der Waals surface area contributed by atoms with E-state index in [-0.39, 0.29) is 5.91 Å². The molecule has 2 aliphatic heterocycles. The molecule has 162 valence electrons. The fraction of sp³-hybridized carbons (Fsp3) is 0.280. The maximum Gasteiger partial charge on any atom is 0.273 e. The molecule has 0 spiro atoms. The van der Waals surface area contributed by atoms with Gasteiger partial charge in [0.1, 0.15) is 11.4 Å². The largest absolute Gasteiger partial charge is 0.361 e. The molecule has 0 saturated carbocycles. The number of aromatic amines is 1. The zero-order chi connectivity index (χ0) is 21.8. The number of nitrogens with one attached hydrogen (secondary N) is 2. The zero-order valence-corrected chi connectivity index (χ0v) is 17.9. The number of carbonyl (C=O) groups is 1. The van der Waals surface area contributed by atoms with Crippen molar-refractivity contribution in [2.24, 2.45) is 11.0 Å². The van der Waals surface area contributed by atoms with Crippen molar-refractivity contribution in [3.05, 3.63) is 89.3 Å². The van der Waals surface area contributed by atoms with Crippen LogP contribution in [0.3, 0.4) is 0 Å². The Morgan fingerprint density at radius 1 is 1.09 bits per heavy atom. The molecule has 1 saturated heterocycles. The highest BCUT2D eigenvalue weighted by molar-refractivity contribution is 6.32. The van der Waals surface area contributed by atoms with Gasteiger partial charge in [-0.1, -0.05) is 30.3 Å². The Balaban J connectivity index is 1.19. The minimum atomic E-state index is -0.234. The van der Waals surface area contributed by atoms with E-state index in [9.17, 15) is 4.79 Å².